The van der Waals surface area contributed by atoms with Gasteiger partial charge in [-0.05, 0) is 32.2 Å². The van der Waals surface area contributed by atoms with Gasteiger partial charge < -0.3 is 10.3 Å². The Hall–Kier alpha value is -0.870. The number of rotatable bonds is 6. The SMILES string of the molecule is CCCn1cncc1C(CN)N1CCCCC1CC. The average Bonchev–Trinajstić information content (AvgIpc) is 2.89. The summed E-state index contributed by atoms with van der Waals surface area (Å²) in [6.45, 7) is 7.40. The van der Waals surface area contributed by atoms with E-state index in [0.29, 0.717) is 18.6 Å². The topological polar surface area (TPSA) is 47.1 Å². The molecule has 0 aromatic carbocycles. The molecule has 0 bridgehead atoms. The molecule has 4 nitrogen and oxygen atoms in total. The Labute approximate surface area is 117 Å². The summed E-state index contributed by atoms with van der Waals surface area (Å²) in [6, 6.07) is 1.02. The summed E-state index contributed by atoms with van der Waals surface area (Å²) in [5.41, 5.74) is 7.39. The van der Waals surface area contributed by atoms with Crippen LogP contribution < -0.4 is 5.73 Å². The molecule has 0 amide bonds. The number of imidazole rings is 1. The first kappa shape index (κ1) is 14.5. The molecule has 2 rings (SSSR count). The van der Waals surface area contributed by atoms with Gasteiger partial charge in [-0.1, -0.05) is 20.3 Å². The van der Waals surface area contributed by atoms with Crippen LogP contribution in [-0.2, 0) is 6.54 Å². The lowest BCUT2D eigenvalue weighted by Crippen LogP contribution is -2.44. The van der Waals surface area contributed by atoms with Crippen molar-refractivity contribution >= 4 is 0 Å². The third-order valence-electron chi connectivity index (χ3n) is 4.32. The Balaban J connectivity index is 2.19. The fourth-order valence-corrected chi connectivity index (χ4v) is 3.33. The highest BCUT2D eigenvalue weighted by molar-refractivity contribution is 5.08. The Morgan fingerprint density at radius 1 is 1.42 bits per heavy atom. The minimum absolute atomic E-state index is 0.333. The number of hydrogen-bond donors (Lipinski definition) is 1. The van der Waals surface area contributed by atoms with Gasteiger partial charge in [-0.3, -0.25) is 4.90 Å². The van der Waals surface area contributed by atoms with Crippen LogP contribution >= 0.6 is 0 Å². The summed E-state index contributed by atoms with van der Waals surface area (Å²) >= 11 is 0. The molecule has 2 atom stereocenters. The van der Waals surface area contributed by atoms with Crippen LogP contribution in [0.2, 0.25) is 0 Å². The first-order valence-corrected chi connectivity index (χ1v) is 7.77. The molecule has 0 spiro atoms. The quantitative estimate of drug-likeness (QED) is 0.859. The number of nitrogens with zero attached hydrogens (tertiary/aromatic N) is 3. The predicted molar refractivity (Wildman–Crippen MR) is 78.9 cm³/mol. The maximum absolute atomic E-state index is 6.09. The van der Waals surface area contributed by atoms with Gasteiger partial charge in [0, 0.05) is 25.3 Å². The van der Waals surface area contributed by atoms with Crippen molar-refractivity contribution in [3.8, 4) is 0 Å². The average molecular weight is 264 g/mol. The van der Waals surface area contributed by atoms with Crippen LogP contribution in [0.1, 0.15) is 57.7 Å². The van der Waals surface area contributed by atoms with Crippen molar-refractivity contribution in [1.29, 1.82) is 0 Å². The van der Waals surface area contributed by atoms with Crippen molar-refractivity contribution in [2.75, 3.05) is 13.1 Å². The van der Waals surface area contributed by atoms with E-state index in [1.165, 1.54) is 37.9 Å². The molecule has 1 saturated heterocycles. The van der Waals surface area contributed by atoms with E-state index in [2.05, 4.69) is 28.3 Å². The summed E-state index contributed by atoms with van der Waals surface area (Å²) in [7, 11) is 0. The first-order chi connectivity index (χ1) is 9.31. The lowest BCUT2D eigenvalue weighted by Gasteiger charge is -2.40. The minimum atomic E-state index is 0.333. The highest BCUT2D eigenvalue weighted by Gasteiger charge is 2.29. The molecule has 0 saturated carbocycles. The van der Waals surface area contributed by atoms with E-state index in [9.17, 15) is 0 Å². The fourth-order valence-electron chi connectivity index (χ4n) is 3.33. The van der Waals surface area contributed by atoms with E-state index in [1.54, 1.807) is 0 Å². The Morgan fingerprint density at radius 3 is 2.95 bits per heavy atom. The van der Waals surface area contributed by atoms with Gasteiger partial charge in [-0.25, -0.2) is 4.98 Å². The molecule has 1 aromatic rings. The highest BCUT2D eigenvalue weighted by atomic mass is 15.2. The van der Waals surface area contributed by atoms with E-state index in [-0.39, 0.29) is 0 Å². The van der Waals surface area contributed by atoms with Gasteiger partial charge >= 0.3 is 0 Å². The van der Waals surface area contributed by atoms with Gasteiger partial charge in [0.15, 0.2) is 0 Å². The van der Waals surface area contributed by atoms with Gasteiger partial charge in [-0.2, -0.15) is 0 Å². The monoisotopic (exact) mass is 264 g/mol. The zero-order chi connectivity index (χ0) is 13.7. The van der Waals surface area contributed by atoms with Crippen molar-refractivity contribution in [2.24, 2.45) is 5.73 Å². The molecule has 19 heavy (non-hydrogen) atoms. The lowest BCUT2D eigenvalue weighted by atomic mass is 9.96. The lowest BCUT2D eigenvalue weighted by molar-refractivity contribution is 0.0908. The van der Waals surface area contributed by atoms with Crippen molar-refractivity contribution < 1.29 is 0 Å². The van der Waals surface area contributed by atoms with Gasteiger partial charge in [0.05, 0.1) is 18.1 Å². The second-order valence-corrected chi connectivity index (χ2v) is 5.56. The molecule has 1 aliphatic rings. The largest absolute Gasteiger partial charge is 0.333 e. The van der Waals surface area contributed by atoms with Crippen LogP contribution in [0.5, 0.6) is 0 Å². The summed E-state index contributed by atoms with van der Waals surface area (Å²) in [6.07, 6.45) is 10.3. The maximum Gasteiger partial charge on any atom is 0.0948 e. The molecule has 2 heterocycles. The zero-order valence-electron chi connectivity index (χ0n) is 12.4. The van der Waals surface area contributed by atoms with Crippen LogP contribution in [-0.4, -0.2) is 33.6 Å². The number of nitrogens with two attached hydrogens (primary N) is 1. The smallest absolute Gasteiger partial charge is 0.0948 e. The molecular formula is C15H28N4. The third kappa shape index (κ3) is 3.18. The standard InChI is InChI=1S/C15H28N4/c1-3-8-18-12-17-11-15(18)14(10-16)19-9-6-5-7-13(19)4-2/h11-14H,3-10,16H2,1-2H3. The molecule has 0 aliphatic carbocycles. The van der Waals surface area contributed by atoms with Crippen molar-refractivity contribution in [2.45, 2.75) is 64.6 Å². The Bertz CT molecular complexity index is 374. The van der Waals surface area contributed by atoms with Crippen LogP contribution in [0, 0.1) is 0 Å². The third-order valence-corrected chi connectivity index (χ3v) is 4.32. The van der Waals surface area contributed by atoms with E-state index in [4.69, 9.17) is 5.73 Å². The number of piperidine rings is 1. The van der Waals surface area contributed by atoms with Crippen LogP contribution in [0.25, 0.3) is 0 Å². The molecule has 2 N–H and O–H groups in total. The van der Waals surface area contributed by atoms with E-state index in [1.807, 2.05) is 12.5 Å². The van der Waals surface area contributed by atoms with Crippen LogP contribution in [0.15, 0.2) is 12.5 Å². The molecule has 0 radical (unpaired) electrons. The normalized spacial score (nSPS) is 22.6. The number of hydrogen-bond acceptors (Lipinski definition) is 3. The second kappa shape index (κ2) is 7.06. The molecule has 4 heteroatoms. The predicted octanol–water partition coefficient (Wildman–Crippen LogP) is 2.56. The molecule has 2 unspecified atom stereocenters. The zero-order valence-corrected chi connectivity index (χ0v) is 12.4. The molecular weight excluding hydrogens is 236 g/mol. The first-order valence-electron chi connectivity index (χ1n) is 7.77. The highest BCUT2D eigenvalue weighted by Crippen LogP contribution is 2.29. The van der Waals surface area contributed by atoms with Gasteiger partial charge in [0.1, 0.15) is 0 Å². The Kier molecular flexibility index (Phi) is 5.40. The van der Waals surface area contributed by atoms with E-state index >= 15 is 0 Å². The summed E-state index contributed by atoms with van der Waals surface area (Å²) < 4.78 is 2.28. The van der Waals surface area contributed by atoms with Crippen LogP contribution in [0.3, 0.4) is 0 Å². The number of aryl methyl sites for hydroxylation is 1. The van der Waals surface area contributed by atoms with Gasteiger partial charge in [0.2, 0.25) is 0 Å². The van der Waals surface area contributed by atoms with Crippen molar-refractivity contribution in [1.82, 2.24) is 14.5 Å². The van der Waals surface area contributed by atoms with Crippen LogP contribution in [0.4, 0.5) is 0 Å². The summed E-state index contributed by atoms with van der Waals surface area (Å²) in [5.74, 6) is 0. The number of likely N-dealkylation sites (tertiary alicyclic amines) is 1. The molecule has 1 aromatic heterocycles. The maximum atomic E-state index is 6.09. The van der Waals surface area contributed by atoms with Gasteiger partial charge in [0.25, 0.3) is 0 Å². The molecule has 1 fully saturated rings. The van der Waals surface area contributed by atoms with E-state index < -0.39 is 0 Å². The summed E-state index contributed by atoms with van der Waals surface area (Å²) in [4.78, 5) is 6.95. The Morgan fingerprint density at radius 2 is 2.26 bits per heavy atom. The van der Waals surface area contributed by atoms with Gasteiger partial charge in [-0.15, -0.1) is 0 Å². The van der Waals surface area contributed by atoms with Crippen molar-refractivity contribution in [3.63, 3.8) is 0 Å². The summed E-state index contributed by atoms with van der Waals surface area (Å²) in [5, 5.41) is 0. The molecule has 108 valence electrons. The minimum Gasteiger partial charge on any atom is -0.333 e. The molecule has 1 aliphatic heterocycles. The van der Waals surface area contributed by atoms with E-state index in [0.717, 1.165) is 13.0 Å². The fraction of sp³-hybridized carbons (Fsp3) is 0.800. The second-order valence-electron chi connectivity index (χ2n) is 5.56. The van der Waals surface area contributed by atoms with Crippen molar-refractivity contribution in [3.05, 3.63) is 18.2 Å². The number of aromatic nitrogens is 2.